The third-order valence-electron chi connectivity index (χ3n) is 2.50. The summed E-state index contributed by atoms with van der Waals surface area (Å²) >= 11 is 0. The average molecular weight is 301 g/mol. The van der Waals surface area contributed by atoms with Gasteiger partial charge in [-0.2, -0.15) is 0 Å². The van der Waals surface area contributed by atoms with Crippen LogP contribution >= 0.6 is 0 Å². The van der Waals surface area contributed by atoms with Crippen LogP contribution in [0.25, 0.3) is 0 Å². The first-order valence-electron chi connectivity index (χ1n) is 5.56. The standard InChI is InChI=1S/C13H10F3NO2S/c14-11-4-2-1-3-9(11)8-20(18,19)17-10-5-6-12(15)13(16)7-10/h1-7,17H,8H2. The highest BCUT2D eigenvalue weighted by molar-refractivity contribution is 7.91. The van der Waals surface area contributed by atoms with Crippen molar-refractivity contribution in [2.45, 2.75) is 5.75 Å². The highest BCUT2D eigenvalue weighted by Crippen LogP contribution is 2.17. The van der Waals surface area contributed by atoms with Gasteiger partial charge in [0.05, 0.1) is 11.4 Å². The molecule has 3 nitrogen and oxygen atoms in total. The van der Waals surface area contributed by atoms with E-state index in [-0.39, 0.29) is 11.3 Å². The largest absolute Gasteiger partial charge is 0.283 e. The monoisotopic (exact) mass is 301 g/mol. The van der Waals surface area contributed by atoms with Crippen molar-refractivity contribution in [2.24, 2.45) is 0 Å². The summed E-state index contributed by atoms with van der Waals surface area (Å²) < 4.78 is 64.8. The Bertz CT molecular complexity index is 732. The molecule has 0 aliphatic heterocycles. The van der Waals surface area contributed by atoms with E-state index in [0.29, 0.717) is 6.07 Å². The zero-order valence-electron chi connectivity index (χ0n) is 10.1. The van der Waals surface area contributed by atoms with Crippen LogP contribution in [0.4, 0.5) is 18.9 Å². The lowest BCUT2D eigenvalue weighted by Crippen LogP contribution is -2.16. The molecule has 0 aliphatic rings. The van der Waals surface area contributed by atoms with Gasteiger partial charge in [0.2, 0.25) is 10.0 Å². The number of halogens is 3. The van der Waals surface area contributed by atoms with Gasteiger partial charge in [-0.25, -0.2) is 21.6 Å². The molecule has 0 bridgehead atoms. The van der Waals surface area contributed by atoms with E-state index >= 15 is 0 Å². The Morgan fingerprint density at radius 2 is 1.60 bits per heavy atom. The predicted octanol–water partition coefficient (Wildman–Crippen LogP) is 3.05. The van der Waals surface area contributed by atoms with Crippen molar-refractivity contribution in [3.63, 3.8) is 0 Å². The molecular formula is C13H10F3NO2S. The van der Waals surface area contributed by atoms with Crippen LogP contribution in [0, 0.1) is 17.5 Å². The molecule has 0 aliphatic carbocycles. The Kier molecular flexibility index (Phi) is 3.99. The maximum Gasteiger partial charge on any atom is 0.237 e. The molecule has 2 rings (SSSR count). The number of hydrogen-bond acceptors (Lipinski definition) is 2. The second-order valence-electron chi connectivity index (χ2n) is 4.08. The van der Waals surface area contributed by atoms with Gasteiger partial charge in [-0.15, -0.1) is 0 Å². The van der Waals surface area contributed by atoms with Gasteiger partial charge < -0.3 is 0 Å². The maximum absolute atomic E-state index is 13.4. The molecule has 1 N–H and O–H groups in total. The van der Waals surface area contributed by atoms with Gasteiger partial charge in [-0.3, -0.25) is 4.72 Å². The minimum absolute atomic E-state index is 0.0115. The summed E-state index contributed by atoms with van der Waals surface area (Å²) in [6.45, 7) is 0. The Hall–Kier alpha value is -2.02. The zero-order valence-corrected chi connectivity index (χ0v) is 10.9. The molecule has 0 amide bonds. The average Bonchev–Trinajstić information content (AvgIpc) is 2.36. The van der Waals surface area contributed by atoms with E-state index in [1.807, 2.05) is 0 Å². The quantitative estimate of drug-likeness (QED) is 0.943. The third-order valence-corrected chi connectivity index (χ3v) is 3.73. The van der Waals surface area contributed by atoms with E-state index in [9.17, 15) is 21.6 Å². The first-order valence-corrected chi connectivity index (χ1v) is 7.21. The second kappa shape index (κ2) is 5.54. The number of sulfonamides is 1. The zero-order chi connectivity index (χ0) is 14.8. The predicted molar refractivity (Wildman–Crippen MR) is 69.0 cm³/mol. The van der Waals surface area contributed by atoms with E-state index < -0.39 is 33.2 Å². The van der Waals surface area contributed by atoms with Gasteiger partial charge in [0.15, 0.2) is 11.6 Å². The van der Waals surface area contributed by atoms with E-state index in [0.717, 1.165) is 18.2 Å². The molecule has 0 saturated heterocycles. The van der Waals surface area contributed by atoms with E-state index in [1.54, 1.807) is 0 Å². The van der Waals surface area contributed by atoms with E-state index in [2.05, 4.69) is 4.72 Å². The summed E-state index contributed by atoms with van der Waals surface area (Å²) in [5, 5.41) is 0. The summed E-state index contributed by atoms with van der Waals surface area (Å²) in [5.41, 5.74) is -0.136. The van der Waals surface area contributed by atoms with Crippen molar-refractivity contribution < 1.29 is 21.6 Å². The minimum Gasteiger partial charge on any atom is -0.283 e. The van der Waals surface area contributed by atoms with Crippen LogP contribution in [0.1, 0.15) is 5.56 Å². The van der Waals surface area contributed by atoms with Crippen LogP contribution in [0.5, 0.6) is 0 Å². The number of benzene rings is 2. The molecule has 20 heavy (non-hydrogen) atoms. The molecule has 7 heteroatoms. The van der Waals surface area contributed by atoms with Crippen molar-refractivity contribution in [3.05, 3.63) is 65.5 Å². The Morgan fingerprint density at radius 1 is 0.900 bits per heavy atom. The Labute approximate surface area is 114 Å². The molecule has 2 aromatic rings. The highest BCUT2D eigenvalue weighted by atomic mass is 32.2. The first kappa shape index (κ1) is 14.4. The Morgan fingerprint density at radius 3 is 2.25 bits per heavy atom. The summed E-state index contributed by atoms with van der Waals surface area (Å²) in [5.74, 6) is -3.50. The fourth-order valence-corrected chi connectivity index (χ4v) is 2.80. The number of nitrogens with one attached hydrogen (secondary N) is 1. The molecule has 0 unspecified atom stereocenters. The van der Waals surface area contributed by atoms with Crippen LogP contribution < -0.4 is 4.72 Å². The van der Waals surface area contributed by atoms with Gasteiger partial charge >= 0.3 is 0 Å². The molecule has 0 aromatic heterocycles. The molecular weight excluding hydrogens is 291 g/mol. The van der Waals surface area contributed by atoms with Gasteiger partial charge in [-0.1, -0.05) is 18.2 Å². The van der Waals surface area contributed by atoms with Gasteiger partial charge in [-0.05, 0) is 18.2 Å². The van der Waals surface area contributed by atoms with Crippen LogP contribution in [0.3, 0.4) is 0 Å². The molecule has 0 atom stereocenters. The van der Waals surface area contributed by atoms with Crippen LogP contribution in [0.15, 0.2) is 42.5 Å². The Balaban J connectivity index is 2.19. The summed E-state index contributed by atoms with van der Waals surface area (Å²) in [7, 11) is -3.92. The highest BCUT2D eigenvalue weighted by Gasteiger charge is 2.15. The van der Waals surface area contributed by atoms with Crippen molar-refractivity contribution >= 4 is 15.7 Å². The number of rotatable bonds is 4. The van der Waals surface area contributed by atoms with Gasteiger partial charge in [0, 0.05) is 11.6 Å². The summed E-state index contributed by atoms with van der Waals surface area (Å²) in [6.07, 6.45) is 0. The molecule has 2 aromatic carbocycles. The minimum atomic E-state index is -3.92. The maximum atomic E-state index is 13.4. The van der Waals surface area contributed by atoms with Crippen molar-refractivity contribution in [1.82, 2.24) is 0 Å². The fourth-order valence-electron chi connectivity index (χ4n) is 1.60. The summed E-state index contributed by atoms with van der Waals surface area (Å²) in [4.78, 5) is 0. The van der Waals surface area contributed by atoms with Crippen molar-refractivity contribution in [3.8, 4) is 0 Å². The first-order chi connectivity index (χ1) is 9.37. The molecule has 0 spiro atoms. The molecule has 0 heterocycles. The summed E-state index contributed by atoms with van der Waals surface area (Å²) in [6, 6.07) is 8.02. The third kappa shape index (κ3) is 3.51. The lowest BCUT2D eigenvalue weighted by molar-refractivity contribution is 0.509. The SMILES string of the molecule is O=S(=O)(Cc1ccccc1F)Nc1ccc(F)c(F)c1. The van der Waals surface area contributed by atoms with Crippen molar-refractivity contribution in [1.29, 1.82) is 0 Å². The van der Waals surface area contributed by atoms with Crippen LogP contribution in [-0.2, 0) is 15.8 Å². The number of hydrogen-bond donors (Lipinski definition) is 1. The smallest absolute Gasteiger partial charge is 0.237 e. The van der Waals surface area contributed by atoms with Gasteiger partial charge in [0.25, 0.3) is 0 Å². The topological polar surface area (TPSA) is 46.2 Å². The van der Waals surface area contributed by atoms with E-state index in [4.69, 9.17) is 0 Å². The molecule has 106 valence electrons. The normalized spacial score (nSPS) is 11.3. The molecule has 0 fully saturated rings. The fraction of sp³-hybridized carbons (Fsp3) is 0.0769. The van der Waals surface area contributed by atoms with Crippen LogP contribution in [-0.4, -0.2) is 8.42 Å². The molecule has 0 radical (unpaired) electrons. The van der Waals surface area contributed by atoms with E-state index in [1.165, 1.54) is 18.2 Å². The second-order valence-corrected chi connectivity index (χ2v) is 5.80. The van der Waals surface area contributed by atoms with Crippen molar-refractivity contribution in [2.75, 3.05) is 4.72 Å². The lowest BCUT2D eigenvalue weighted by Gasteiger charge is -2.09. The lowest BCUT2D eigenvalue weighted by atomic mass is 10.2. The van der Waals surface area contributed by atoms with Gasteiger partial charge in [0.1, 0.15) is 5.82 Å². The molecule has 0 saturated carbocycles. The number of anilines is 1. The van der Waals surface area contributed by atoms with Crippen LogP contribution in [0.2, 0.25) is 0 Å².